The van der Waals surface area contributed by atoms with Gasteiger partial charge in [0.15, 0.2) is 0 Å². The van der Waals surface area contributed by atoms with E-state index in [4.69, 9.17) is 11.6 Å². The fourth-order valence-corrected chi connectivity index (χ4v) is 3.24. The molecule has 0 radical (unpaired) electrons. The maximum absolute atomic E-state index is 13.9. The Balaban J connectivity index is 2.32. The number of hydrogen-bond donors (Lipinski definition) is 1. The third kappa shape index (κ3) is 5.33. The van der Waals surface area contributed by atoms with Crippen molar-refractivity contribution in [3.05, 3.63) is 58.9 Å². The van der Waals surface area contributed by atoms with Gasteiger partial charge in [0.05, 0.1) is 23.2 Å². The van der Waals surface area contributed by atoms with Gasteiger partial charge in [0.2, 0.25) is 15.9 Å². The average molecular weight is 425 g/mol. The zero-order chi connectivity index (χ0) is 20.4. The average Bonchev–Trinajstić information content (AvgIpc) is 2.53. The first-order valence-corrected chi connectivity index (χ1v) is 9.51. The lowest BCUT2D eigenvalue weighted by Crippen LogP contribution is -2.38. The van der Waals surface area contributed by atoms with Gasteiger partial charge in [-0.25, -0.2) is 12.8 Å². The van der Waals surface area contributed by atoms with Crippen LogP contribution in [0.1, 0.15) is 5.56 Å². The zero-order valence-corrected chi connectivity index (χ0v) is 15.3. The van der Waals surface area contributed by atoms with Gasteiger partial charge in [-0.15, -0.1) is 0 Å². The summed E-state index contributed by atoms with van der Waals surface area (Å²) in [6, 6.07) is 7.51. The molecular formula is C16H13ClF4N2O3S. The lowest BCUT2D eigenvalue weighted by Gasteiger charge is -2.22. The predicted octanol–water partition coefficient (Wildman–Crippen LogP) is 3.90. The lowest BCUT2D eigenvalue weighted by atomic mass is 10.1. The van der Waals surface area contributed by atoms with Crippen molar-refractivity contribution in [2.24, 2.45) is 0 Å². The second-order valence-electron chi connectivity index (χ2n) is 5.46. The predicted molar refractivity (Wildman–Crippen MR) is 93.7 cm³/mol. The number of carbonyl (C=O) groups is 1. The minimum absolute atomic E-state index is 0.190. The van der Waals surface area contributed by atoms with Gasteiger partial charge in [-0.3, -0.25) is 9.10 Å². The van der Waals surface area contributed by atoms with E-state index in [-0.39, 0.29) is 5.02 Å². The van der Waals surface area contributed by atoms with Crippen molar-refractivity contribution in [1.29, 1.82) is 0 Å². The Bertz CT molecular complexity index is 964. The summed E-state index contributed by atoms with van der Waals surface area (Å²) in [6.07, 6.45) is -4.05. The lowest BCUT2D eigenvalue weighted by molar-refractivity contribution is -0.137. The number of halogens is 5. The van der Waals surface area contributed by atoms with Crippen molar-refractivity contribution in [2.75, 3.05) is 22.4 Å². The number of carbonyl (C=O) groups excluding carboxylic acids is 1. The van der Waals surface area contributed by atoms with Crippen LogP contribution in [-0.2, 0) is 21.0 Å². The third-order valence-corrected chi connectivity index (χ3v) is 4.73. The first kappa shape index (κ1) is 21.0. The van der Waals surface area contributed by atoms with Gasteiger partial charge < -0.3 is 5.32 Å². The Morgan fingerprint density at radius 3 is 2.37 bits per heavy atom. The van der Waals surface area contributed by atoms with E-state index >= 15 is 0 Å². The molecule has 27 heavy (non-hydrogen) atoms. The van der Waals surface area contributed by atoms with E-state index in [0.717, 1.165) is 30.5 Å². The van der Waals surface area contributed by atoms with E-state index < -0.39 is 51.4 Å². The topological polar surface area (TPSA) is 66.5 Å². The van der Waals surface area contributed by atoms with Crippen LogP contribution >= 0.6 is 11.6 Å². The van der Waals surface area contributed by atoms with E-state index in [1.54, 1.807) is 0 Å². The van der Waals surface area contributed by atoms with Crippen molar-refractivity contribution in [3.8, 4) is 0 Å². The van der Waals surface area contributed by atoms with Gasteiger partial charge in [-0.2, -0.15) is 13.2 Å². The highest BCUT2D eigenvalue weighted by molar-refractivity contribution is 7.92. The molecule has 0 aliphatic carbocycles. The summed E-state index contributed by atoms with van der Waals surface area (Å²) in [5.41, 5.74) is -2.19. The van der Waals surface area contributed by atoms with Crippen LogP contribution in [0.25, 0.3) is 0 Å². The van der Waals surface area contributed by atoms with Crippen LogP contribution in [0.4, 0.5) is 28.9 Å². The SMILES string of the molecule is CS(=O)(=O)N(CC(=O)Nc1ccc(Cl)cc1C(F)(F)F)c1ccccc1F. The molecule has 0 spiro atoms. The molecule has 11 heteroatoms. The molecule has 0 aromatic heterocycles. The molecule has 0 atom stereocenters. The summed E-state index contributed by atoms with van der Waals surface area (Å²) in [7, 11) is -4.08. The van der Waals surface area contributed by atoms with Crippen molar-refractivity contribution in [3.63, 3.8) is 0 Å². The number of rotatable bonds is 5. The summed E-state index contributed by atoms with van der Waals surface area (Å²) >= 11 is 5.56. The van der Waals surface area contributed by atoms with Crippen molar-refractivity contribution in [2.45, 2.75) is 6.18 Å². The fraction of sp³-hybridized carbons (Fsp3) is 0.188. The maximum atomic E-state index is 13.9. The molecule has 0 unspecified atom stereocenters. The standard InChI is InChI=1S/C16H13ClF4N2O3S/c1-27(25,26)23(14-5-3-2-4-12(14)18)9-15(24)22-13-7-6-10(17)8-11(13)16(19,20)21/h2-8H,9H2,1H3,(H,22,24). The Hall–Kier alpha value is -2.33. The molecule has 1 amide bonds. The molecule has 0 aliphatic rings. The summed E-state index contributed by atoms with van der Waals surface area (Å²) in [5, 5.41) is 1.80. The van der Waals surface area contributed by atoms with E-state index in [1.807, 2.05) is 5.32 Å². The molecule has 0 saturated carbocycles. The Labute approximate surface area is 157 Å². The van der Waals surface area contributed by atoms with Gasteiger partial charge in [-0.1, -0.05) is 23.7 Å². The van der Waals surface area contributed by atoms with Gasteiger partial charge in [0, 0.05) is 5.02 Å². The number of anilines is 2. The van der Waals surface area contributed by atoms with Gasteiger partial charge in [0.1, 0.15) is 12.4 Å². The van der Waals surface area contributed by atoms with Crippen LogP contribution in [0.3, 0.4) is 0 Å². The second-order valence-corrected chi connectivity index (χ2v) is 7.80. The van der Waals surface area contributed by atoms with Crippen molar-refractivity contribution < 1.29 is 30.8 Å². The van der Waals surface area contributed by atoms with E-state index in [0.29, 0.717) is 10.4 Å². The second kappa shape index (κ2) is 7.73. The number of alkyl halides is 3. The van der Waals surface area contributed by atoms with Crippen molar-refractivity contribution >= 4 is 38.9 Å². The number of benzene rings is 2. The Morgan fingerprint density at radius 2 is 1.81 bits per heavy atom. The summed E-state index contributed by atoms with van der Waals surface area (Å²) in [4.78, 5) is 12.2. The van der Waals surface area contributed by atoms with Gasteiger partial charge in [-0.05, 0) is 30.3 Å². The molecule has 2 aromatic rings. The van der Waals surface area contributed by atoms with Crippen LogP contribution in [0.15, 0.2) is 42.5 Å². The Kier molecular flexibility index (Phi) is 6.01. The number of nitrogens with one attached hydrogen (secondary N) is 1. The largest absolute Gasteiger partial charge is 0.418 e. The number of amides is 1. The summed E-state index contributed by atoms with van der Waals surface area (Å²) in [6.45, 7) is -0.917. The third-order valence-electron chi connectivity index (χ3n) is 3.37. The molecule has 0 saturated heterocycles. The molecule has 0 heterocycles. The smallest absolute Gasteiger partial charge is 0.324 e. The van der Waals surface area contributed by atoms with E-state index in [9.17, 15) is 30.8 Å². The van der Waals surface area contributed by atoms with Crippen molar-refractivity contribution in [1.82, 2.24) is 0 Å². The number of sulfonamides is 1. The molecule has 2 rings (SSSR count). The van der Waals surface area contributed by atoms with Gasteiger partial charge >= 0.3 is 6.18 Å². The maximum Gasteiger partial charge on any atom is 0.418 e. The minimum Gasteiger partial charge on any atom is -0.324 e. The highest BCUT2D eigenvalue weighted by Gasteiger charge is 2.34. The van der Waals surface area contributed by atoms with Gasteiger partial charge in [0.25, 0.3) is 0 Å². The molecule has 2 aromatic carbocycles. The molecule has 0 fully saturated rings. The molecule has 0 aliphatic heterocycles. The molecule has 1 N–H and O–H groups in total. The monoisotopic (exact) mass is 424 g/mol. The van der Waals surface area contributed by atoms with E-state index in [1.165, 1.54) is 12.1 Å². The van der Waals surface area contributed by atoms with Crippen LogP contribution in [-0.4, -0.2) is 27.1 Å². The first-order valence-electron chi connectivity index (χ1n) is 7.28. The zero-order valence-electron chi connectivity index (χ0n) is 13.7. The quantitative estimate of drug-likeness (QED) is 0.740. The summed E-state index contributed by atoms with van der Waals surface area (Å²) < 4.78 is 77.5. The number of nitrogens with zero attached hydrogens (tertiary/aromatic N) is 1. The molecule has 0 bridgehead atoms. The first-order chi connectivity index (χ1) is 12.4. The highest BCUT2D eigenvalue weighted by atomic mass is 35.5. The molecule has 5 nitrogen and oxygen atoms in total. The molecular weight excluding hydrogens is 412 g/mol. The Morgan fingerprint density at radius 1 is 1.19 bits per heavy atom. The molecule has 146 valence electrons. The van der Waals surface area contributed by atoms with E-state index in [2.05, 4.69) is 0 Å². The number of hydrogen-bond acceptors (Lipinski definition) is 3. The summed E-state index contributed by atoms with van der Waals surface area (Å²) in [5.74, 6) is -1.99. The fourth-order valence-electron chi connectivity index (χ4n) is 2.22. The van der Waals surface area contributed by atoms with Crippen LogP contribution in [0, 0.1) is 5.82 Å². The van der Waals surface area contributed by atoms with Crippen LogP contribution in [0.5, 0.6) is 0 Å². The normalized spacial score (nSPS) is 11.9. The number of para-hydroxylation sites is 1. The minimum atomic E-state index is -4.80. The van der Waals surface area contributed by atoms with Crippen LogP contribution < -0.4 is 9.62 Å². The van der Waals surface area contributed by atoms with Crippen LogP contribution in [0.2, 0.25) is 5.02 Å². The highest BCUT2D eigenvalue weighted by Crippen LogP contribution is 2.36.